The molecule has 0 aromatic heterocycles. The fourth-order valence-corrected chi connectivity index (χ4v) is 5.27. The molecule has 0 unspecified atom stereocenters. The Balaban J connectivity index is 1.83. The summed E-state index contributed by atoms with van der Waals surface area (Å²) in [6.45, 7) is 1.52. The number of benzene rings is 2. The van der Waals surface area contributed by atoms with Crippen LogP contribution >= 0.6 is 0 Å². The van der Waals surface area contributed by atoms with Crippen molar-refractivity contribution in [1.82, 2.24) is 0 Å². The number of methoxy groups -OCH3 is 3. The Kier molecular flexibility index (Phi) is 4.99. The van der Waals surface area contributed by atoms with Crippen molar-refractivity contribution in [3.8, 4) is 28.7 Å². The molecule has 3 aliphatic rings. The van der Waals surface area contributed by atoms with Crippen molar-refractivity contribution in [2.24, 2.45) is 5.92 Å². The third-order valence-electron chi connectivity index (χ3n) is 6.52. The van der Waals surface area contributed by atoms with Gasteiger partial charge in [0.15, 0.2) is 23.0 Å². The largest absolute Gasteiger partial charge is 0.493 e. The van der Waals surface area contributed by atoms with Crippen molar-refractivity contribution in [3.63, 3.8) is 0 Å². The molecule has 2 aromatic rings. The van der Waals surface area contributed by atoms with E-state index in [-0.39, 0.29) is 13.4 Å². The van der Waals surface area contributed by atoms with E-state index in [2.05, 4.69) is 0 Å². The predicted octanol–water partition coefficient (Wildman–Crippen LogP) is 2.60. The van der Waals surface area contributed by atoms with Gasteiger partial charge in [-0.25, -0.2) is 4.79 Å². The Bertz CT molecular complexity index is 1140. The van der Waals surface area contributed by atoms with Gasteiger partial charge in [0.25, 0.3) is 0 Å². The van der Waals surface area contributed by atoms with Crippen LogP contribution in [0.2, 0.25) is 0 Å². The first kappa shape index (κ1) is 21.2. The van der Waals surface area contributed by atoms with Crippen LogP contribution in [0.25, 0.3) is 0 Å². The number of fused-ring (bicyclic) bond motifs is 3. The molecule has 2 aromatic carbocycles. The van der Waals surface area contributed by atoms with Crippen LogP contribution in [0.1, 0.15) is 29.5 Å². The van der Waals surface area contributed by atoms with Crippen LogP contribution in [0.4, 0.5) is 0 Å². The van der Waals surface area contributed by atoms with Crippen molar-refractivity contribution in [2.45, 2.75) is 24.9 Å². The molecule has 1 aliphatic carbocycles. The molecule has 0 bridgehead atoms. The van der Waals surface area contributed by atoms with Gasteiger partial charge < -0.3 is 33.2 Å². The van der Waals surface area contributed by atoms with Crippen LogP contribution in [0.15, 0.2) is 24.3 Å². The first-order valence-corrected chi connectivity index (χ1v) is 10.5. The zero-order valence-corrected chi connectivity index (χ0v) is 18.8. The number of ether oxygens (including phenoxy) is 7. The first-order chi connectivity index (χ1) is 15.9. The number of hydrogen-bond donors (Lipinski definition) is 0. The van der Waals surface area contributed by atoms with Crippen molar-refractivity contribution < 1.29 is 42.7 Å². The van der Waals surface area contributed by atoms with E-state index in [1.165, 1.54) is 21.1 Å². The molecule has 0 saturated carbocycles. The zero-order valence-electron chi connectivity index (χ0n) is 18.8. The van der Waals surface area contributed by atoms with Gasteiger partial charge in [-0.2, -0.15) is 0 Å². The quantitative estimate of drug-likeness (QED) is 0.629. The monoisotopic (exact) mass is 456 g/mol. The maximum Gasteiger partial charge on any atom is 0.352 e. The van der Waals surface area contributed by atoms with Crippen molar-refractivity contribution in [1.29, 1.82) is 0 Å². The standard InChI is InChI=1S/C24H24O9/c1-12(25)33-24-15(10-30-23(24)26)7-14-9-18(27-2)21(28-3)22(29-4)19(14)20(24)13-5-6-16-17(8-13)32-11-31-16/h5-6,8-9,15,20H,7,10-11H2,1-4H3/t15-,20+,24-/m0/s1. The van der Waals surface area contributed by atoms with E-state index in [9.17, 15) is 9.59 Å². The lowest BCUT2D eigenvalue weighted by atomic mass is 9.64. The van der Waals surface area contributed by atoms with Crippen LogP contribution in [0, 0.1) is 5.92 Å². The van der Waals surface area contributed by atoms with E-state index in [1.54, 1.807) is 19.2 Å². The maximum absolute atomic E-state index is 13.3. The highest BCUT2D eigenvalue weighted by atomic mass is 16.7. The van der Waals surface area contributed by atoms with Crippen molar-refractivity contribution in [2.75, 3.05) is 34.7 Å². The molecule has 3 atom stereocenters. The van der Waals surface area contributed by atoms with Gasteiger partial charge in [0.05, 0.1) is 33.9 Å². The summed E-state index contributed by atoms with van der Waals surface area (Å²) in [5, 5.41) is 0. The molecule has 174 valence electrons. The summed E-state index contributed by atoms with van der Waals surface area (Å²) in [5.74, 6) is 0.115. The lowest BCUT2D eigenvalue weighted by Crippen LogP contribution is -2.53. The fraction of sp³-hybridized carbons (Fsp3) is 0.417. The molecule has 9 heteroatoms. The van der Waals surface area contributed by atoms with Crippen LogP contribution in [-0.4, -0.2) is 52.3 Å². The molecule has 9 nitrogen and oxygen atoms in total. The minimum atomic E-state index is -1.57. The molecular formula is C24H24O9. The molecule has 1 saturated heterocycles. The maximum atomic E-state index is 13.3. The number of rotatable bonds is 5. The van der Waals surface area contributed by atoms with Gasteiger partial charge in [-0.15, -0.1) is 0 Å². The molecule has 0 N–H and O–H groups in total. The Labute approximate surface area is 190 Å². The highest BCUT2D eigenvalue weighted by molar-refractivity contribution is 5.89. The average molecular weight is 456 g/mol. The number of hydrogen-bond acceptors (Lipinski definition) is 9. The van der Waals surface area contributed by atoms with E-state index in [4.69, 9.17) is 33.2 Å². The van der Waals surface area contributed by atoms with Crippen LogP contribution < -0.4 is 23.7 Å². The van der Waals surface area contributed by atoms with E-state index in [0.29, 0.717) is 46.3 Å². The third-order valence-corrected chi connectivity index (χ3v) is 6.52. The molecule has 5 rings (SSSR count). The lowest BCUT2D eigenvalue weighted by molar-refractivity contribution is -0.176. The Morgan fingerprint density at radius 2 is 1.76 bits per heavy atom. The van der Waals surface area contributed by atoms with Gasteiger partial charge in [0.1, 0.15) is 0 Å². The number of carbonyl (C=O) groups is 2. The molecule has 2 heterocycles. The van der Waals surface area contributed by atoms with E-state index < -0.39 is 29.4 Å². The topological polar surface area (TPSA) is 98.8 Å². The van der Waals surface area contributed by atoms with Crippen molar-refractivity contribution >= 4 is 11.9 Å². The van der Waals surface area contributed by atoms with Gasteiger partial charge in [-0.3, -0.25) is 4.79 Å². The molecule has 0 amide bonds. The molecule has 1 fully saturated rings. The molecule has 0 radical (unpaired) electrons. The van der Waals surface area contributed by atoms with Gasteiger partial charge in [-0.1, -0.05) is 6.07 Å². The van der Waals surface area contributed by atoms with E-state index in [1.807, 2.05) is 12.1 Å². The summed E-state index contributed by atoms with van der Waals surface area (Å²) in [4.78, 5) is 25.6. The van der Waals surface area contributed by atoms with Crippen LogP contribution in [0.3, 0.4) is 0 Å². The number of esters is 2. The number of cyclic esters (lactones) is 1. The number of carbonyl (C=O) groups excluding carboxylic acids is 2. The molecule has 33 heavy (non-hydrogen) atoms. The highest BCUT2D eigenvalue weighted by Gasteiger charge is 2.64. The summed E-state index contributed by atoms with van der Waals surface area (Å²) < 4.78 is 39.4. The minimum Gasteiger partial charge on any atom is -0.493 e. The average Bonchev–Trinajstić information content (AvgIpc) is 3.39. The lowest BCUT2D eigenvalue weighted by Gasteiger charge is -2.43. The van der Waals surface area contributed by atoms with E-state index in [0.717, 1.165) is 5.56 Å². The predicted molar refractivity (Wildman–Crippen MR) is 113 cm³/mol. The summed E-state index contributed by atoms with van der Waals surface area (Å²) in [6, 6.07) is 7.27. The SMILES string of the molecule is COc1cc2c(c(OC)c1OC)[C@@H](c1ccc3c(c1)OCO3)[C@]1(OC(C)=O)C(=O)OC[C@@H]1C2. The summed E-state index contributed by atoms with van der Waals surface area (Å²) >= 11 is 0. The normalized spacial score (nSPS) is 24.4. The molecular weight excluding hydrogens is 432 g/mol. The second-order valence-corrected chi connectivity index (χ2v) is 8.15. The summed E-state index contributed by atoms with van der Waals surface area (Å²) in [6.07, 6.45) is 0.423. The summed E-state index contributed by atoms with van der Waals surface area (Å²) in [5.41, 5.74) is 0.679. The molecule has 2 aliphatic heterocycles. The first-order valence-electron chi connectivity index (χ1n) is 10.5. The third kappa shape index (κ3) is 2.98. The minimum absolute atomic E-state index is 0.105. The van der Waals surface area contributed by atoms with Crippen LogP contribution in [0.5, 0.6) is 28.7 Å². The second kappa shape index (κ2) is 7.75. The Morgan fingerprint density at radius 1 is 1.00 bits per heavy atom. The fourth-order valence-electron chi connectivity index (χ4n) is 5.27. The zero-order chi connectivity index (χ0) is 23.3. The summed E-state index contributed by atoms with van der Waals surface area (Å²) in [7, 11) is 4.58. The highest BCUT2D eigenvalue weighted by Crippen LogP contribution is 2.58. The van der Waals surface area contributed by atoms with Gasteiger partial charge >= 0.3 is 11.9 Å². The Morgan fingerprint density at radius 3 is 2.45 bits per heavy atom. The van der Waals surface area contributed by atoms with Gasteiger partial charge in [0.2, 0.25) is 18.1 Å². The Hall–Kier alpha value is -3.62. The van der Waals surface area contributed by atoms with Gasteiger partial charge in [0, 0.05) is 18.4 Å². The van der Waals surface area contributed by atoms with Gasteiger partial charge in [-0.05, 0) is 35.7 Å². The van der Waals surface area contributed by atoms with Crippen molar-refractivity contribution in [3.05, 3.63) is 41.0 Å². The van der Waals surface area contributed by atoms with E-state index >= 15 is 0 Å². The smallest absolute Gasteiger partial charge is 0.352 e. The molecule has 0 spiro atoms. The second-order valence-electron chi connectivity index (χ2n) is 8.15. The van der Waals surface area contributed by atoms with Crippen LogP contribution in [-0.2, 0) is 25.5 Å².